The van der Waals surface area contributed by atoms with E-state index in [1.54, 1.807) is 54.2 Å². The number of rotatable bonds is 7. The fourth-order valence-corrected chi connectivity index (χ4v) is 4.61. The van der Waals surface area contributed by atoms with Gasteiger partial charge in [-0.25, -0.2) is 4.68 Å². The lowest BCUT2D eigenvalue weighted by molar-refractivity contribution is -0.385. The van der Waals surface area contributed by atoms with Crippen molar-refractivity contribution in [3.63, 3.8) is 0 Å². The van der Waals surface area contributed by atoms with Gasteiger partial charge in [-0.2, -0.15) is 10.4 Å². The van der Waals surface area contributed by atoms with Crippen molar-refractivity contribution in [1.82, 2.24) is 14.7 Å². The Labute approximate surface area is 235 Å². The summed E-state index contributed by atoms with van der Waals surface area (Å²) in [5.74, 6) is -1.13. The number of hydrogen-bond donors (Lipinski definition) is 0. The van der Waals surface area contributed by atoms with Crippen LogP contribution in [0.2, 0.25) is 0 Å². The van der Waals surface area contributed by atoms with Gasteiger partial charge in [-0.3, -0.25) is 24.6 Å². The van der Waals surface area contributed by atoms with E-state index in [-0.39, 0.29) is 34.7 Å². The molecule has 0 N–H and O–H groups in total. The molecule has 41 heavy (non-hydrogen) atoms. The Kier molecular flexibility index (Phi) is 7.26. The number of imide groups is 1. The van der Waals surface area contributed by atoms with Gasteiger partial charge in [0.25, 0.3) is 11.8 Å². The minimum Gasteiger partial charge on any atom is -0.490 e. The predicted octanol–water partition coefficient (Wildman–Crippen LogP) is 5.25. The maximum absolute atomic E-state index is 13.7. The summed E-state index contributed by atoms with van der Waals surface area (Å²) >= 11 is 0. The molecule has 0 saturated heterocycles. The Hall–Kier alpha value is -5.82. The highest BCUT2D eigenvalue weighted by atomic mass is 16.6. The number of para-hydroxylation sites is 1. The highest BCUT2D eigenvalue weighted by Crippen LogP contribution is 2.35. The molecule has 5 rings (SSSR count). The molecular weight excluding hydrogens is 522 g/mol. The summed E-state index contributed by atoms with van der Waals surface area (Å²) in [6, 6.07) is 24.7. The summed E-state index contributed by atoms with van der Waals surface area (Å²) < 4.78 is 6.75. The average Bonchev–Trinajstić information content (AvgIpc) is 3.42. The number of nitro groups is 1. The second-order valence-corrected chi connectivity index (χ2v) is 9.21. The summed E-state index contributed by atoms with van der Waals surface area (Å²) in [4.78, 5) is 39.1. The quantitative estimate of drug-likeness (QED) is 0.134. The van der Waals surface area contributed by atoms with Crippen molar-refractivity contribution >= 4 is 23.6 Å². The van der Waals surface area contributed by atoms with E-state index in [1.165, 1.54) is 19.2 Å². The molecule has 10 nitrogen and oxygen atoms in total. The second-order valence-electron chi connectivity index (χ2n) is 9.21. The van der Waals surface area contributed by atoms with Crippen LogP contribution in [-0.2, 0) is 16.1 Å². The van der Waals surface area contributed by atoms with Crippen molar-refractivity contribution in [2.75, 3.05) is 7.11 Å². The Bertz CT molecular complexity index is 1780. The Morgan fingerprint density at radius 3 is 2.34 bits per heavy atom. The first-order valence-electron chi connectivity index (χ1n) is 12.5. The number of amides is 2. The first-order valence-corrected chi connectivity index (χ1v) is 12.5. The van der Waals surface area contributed by atoms with Crippen LogP contribution < -0.4 is 4.74 Å². The van der Waals surface area contributed by atoms with Crippen molar-refractivity contribution in [3.8, 4) is 28.8 Å². The molecule has 2 amide bonds. The van der Waals surface area contributed by atoms with Gasteiger partial charge in [0.1, 0.15) is 17.3 Å². The molecule has 0 radical (unpaired) electrons. The standard InChI is InChI=1S/C31H23N5O5/c1-20-25(30(37)34(31(38)26(20)17-32)18-21-9-5-3-6-10-21)15-23-19-35(24-11-7-4-8-12-24)33-29(23)22-13-14-28(41-2)27(16-22)36(39)40/h3-16,19H,18H2,1-2H3/b25-15+. The van der Waals surface area contributed by atoms with E-state index >= 15 is 0 Å². The van der Waals surface area contributed by atoms with Gasteiger partial charge in [-0.15, -0.1) is 0 Å². The van der Waals surface area contributed by atoms with Gasteiger partial charge < -0.3 is 4.74 Å². The van der Waals surface area contributed by atoms with Crippen LogP contribution in [0.3, 0.4) is 0 Å². The van der Waals surface area contributed by atoms with E-state index < -0.39 is 16.7 Å². The lowest BCUT2D eigenvalue weighted by Crippen LogP contribution is -2.42. The molecule has 202 valence electrons. The molecule has 0 aliphatic carbocycles. The number of carbonyl (C=O) groups is 2. The molecule has 3 aromatic carbocycles. The van der Waals surface area contributed by atoms with Crippen LogP contribution in [0, 0.1) is 21.4 Å². The number of aromatic nitrogens is 2. The van der Waals surface area contributed by atoms with Crippen LogP contribution in [0.15, 0.2) is 102 Å². The normalized spacial score (nSPS) is 14.4. The highest BCUT2D eigenvalue weighted by Gasteiger charge is 2.36. The van der Waals surface area contributed by atoms with Crippen molar-refractivity contribution in [2.45, 2.75) is 13.5 Å². The number of carbonyl (C=O) groups excluding carboxylic acids is 2. The minimum absolute atomic E-state index is 0.00485. The predicted molar refractivity (Wildman–Crippen MR) is 150 cm³/mol. The summed E-state index contributed by atoms with van der Waals surface area (Å²) in [6.45, 7) is 1.55. The molecular formula is C31H23N5O5. The largest absolute Gasteiger partial charge is 0.490 e. The molecule has 1 aromatic heterocycles. The zero-order valence-corrected chi connectivity index (χ0v) is 22.1. The molecule has 4 aromatic rings. The van der Waals surface area contributed by atoms with Gasteiger partial charge >= 0.3 is 5.69 Å². The summed E-state index contributed by atoms with van der Waals surface area (Å²) in [5, 5.41) is 26.2. The lowest BCUT2D eigenvalue weighted by atomic mass is 9.93. The summed E-state index contributed by atoms with van der Waals surface area (Å²) in [6.07, 6.45) is 3.26. The maximum atomic E-state index is 13.7. The molecule has 10 heteroatoms. The maximum Gasteiger partial charge on any atom is 0.311 e. The molecule has 0 atom stereocenters. The van der Waals surface area contributed by atoms with E-state index in [4.69, 9.17) is 9.84 Å². The molecule has 2 heterocycles. The molecule has 0 fully saturated rings. The second kappa shape index (κ2) is 11.1. The molecule has 0 saturated carbocycles. The monoisotopic (exact) mass is 545 g/mol. The zero-order chi connectivity index (χ0) is 29.1. The van der Waals surface area contributed by atoms with Gasteiger partial charge in [0.2, 0.25) is 0 Å². The minimum atomic E-state index is -0.665. The summed E-state index contributed by atoms with van der Waals surface area (Å²) in [5.41, 5.74) is 2.70. The first-order chi connectivity index (χ1) is 19.8. The first kappa shape index (κ1) is 26.8. The molecule has 0 spiro atoms. The van der Waals surface area contributed by atoms with Gasteiger partial charge in [0.15, 0.2) is 5.75 Å². The Morgan fingerprint density at radius 1 is 1.02 bits per heavy atom. The third-order valence-electron chi connectivity index (χ3n) is 6.72. The van der Waals surface area contributed by atoms with Crippen molar-refractivity contribution in [2.24, 2.45) is 0 Å². The number of benzene rings is 3. The molecule has 1 aliphatic rings. The number of ether oxygens (including phenoxy) is 1. The van der Waals surface area contributed by atoms with E-state index in [1.807, 2.05) is 42.5 Å². The van der Waals surface area contributed by atoms with E-state index in [9.17, 15) is 25.0 Å². The zero-order valence-electron chi connectivity index (χ0n) is 22.1. The Morgan fingerprint density at radius 2 is 1.71 bits per heavy atom. The Balaban J connectivity index is 1.69. The van der Waals surface area contributed by atoms with Crippen LogP contribution in [-0.4, -0.2) is 38.5 Å². The fourth-order valence-electron chi connectivity index (χ4n) is 4.61. The SMILES string of the molecule is COc1ccc(-c2nn(-c3ccccc3)cc2/C=C2/C(=O)N(Cc3ccccc3)C(=O)C(C#N)=C2C)cc1[N+](=O)[O-]. The highest BCUT2D eigenvalue weighted by molar-refractivity contribution is 6.19. The third-order valence-corrected chi connectivity index (χ3v) is 6.72. The molecule has 1 aliphatic heterocycles. The van der Waals surface area contributed by atoms with E-state index in [2.05, 4.69) is 0 Å². The average molecular weight is 546 g/mol. The number of nitro benzene ring substituents is 1. The number of nitriles is 1. The number of hydrogen-bond acceptors (Lipinski definition) is 7. The number of nitrogens with zero attached hydrogens (tertiary/aromatic N) is 5. The smallest absolute Gasteiger partial charge is 0.311 e. The molecule has 0 bridgehead atoms. The summed E-state index contributed by atoms with van der Waals surface area (Å²) in [7, 11) is 1.35. The van der Waals surface area contributed by atoms with Crippen LogP contribution in [0.1, 0.15) is 18.1 Å². The van der Waals surface area contributed by atoms with Gasteiger partial charge in [-0.05, 0) is 48.4 Å². The van der Waals surface area contributed by atoms with E-state index in [0.717, 1.165) is 16.2 Å². The van der Waals surface area contributed by atoms with Gasteiger partial charge in [0, 0.05) is 29.0 Å². The third kappa shape index (κ3) is 5.12. The van der Waals surface area contributed by atoms with Gasteiger partial charge in [-0.1, -0.05) is 48.5 Å². The molecule has 0 unspecified atom stereocenters. The van der Waals surface area contributed by atoms with Crippen molar-refractivity contribution < 1.29 is 19.2 Å². The topological polar surface area (TPSA) is 131 Å². The van der Waals surface area contributed by atoms with Crippen LogP contribution in [0.25, 0.3) is 23.0 Å². The number of methoxy groups -OCH3 is 1. The van der Waals surface area contributed by atoms with Crippen molar-refractivity contribution in [3.05, 3.63) is 123 Å². The van der Waals surface area contributed by atoms with Crippen LogP contribution in [0.5, 0.6) is 5.75 Å². The van der Waals surface area contributed by atoms with Crippen molar-refractivity contribution in [1.29, 1.82) is 5.26 Å². The van der Waals surface area contributed by atoms with Gasteiger partial charge in [0.05, 0.1) is 24.3 Å². The lowest BCUT2D eigenvalue weighted by Gasteiger charge is -2.27. The van der Waals surface area contributed by atoms with Crippen LogP contribution in [0.4, 0.5) is 5.69 Å². The van der Waals surface area contributed by atoms with E-state index in [0.29, 0.717) is 16.8 Å². The fraction of sp³-hybridized carbons (Fsp3) is 0.0968. The van der Waals surface area contributed by atoms with Crippen LogP contribution >= 0.6 is 0 Å².